The Morgan fingerprint density at radius 1 is 1.29 bits per heavy atom. The Morgan fingerprint density at radius 2 is 1.94 bits per heavy atom. The van der Waals surface area contributed by atoms with E-state index < -0.39 is 17.2 Å². The number of hydrogen-bond donors (Lipinski definition) is 1. The van der Waals surface area contributed by atoms with Crippen LogP contribution in [0.3, 0.4) is 0 Å². The molecule has 1 aromatic rings. The molecular formula is C13H16FNO2. The molecule has 0 amide bonds. The molecule has 0 atom stereocenters. The van der Waals surface area contributed by atoms with E-state index in [2.05, 4.69) is 4.98 Å². The van der Waals surface area contributed by atoms with Gasteiger partial charge in [-0.05, 0) is 18.9 Å². The third-order valence-electron chi connectivity index (χ3n) is 3.37. The molecule has 1 saturated carbocycles. The van der Waals surface area contributed by atoms with Crippen LogP contribution in [0.25, 0.3) is 0 Å². The molecular weight excluding hydrogens is 221 g/mol. The lowest BCUT2D eigenvalue weighted by Gasteiger charge is -2.24. The number of pyridine rings is 1. The van der Waals surface area contributed by atoms with Crippen LogP contribution in [0.4, 0.5) is 4.39 Å². The number of aliphatic hydroxyl groups is 1. The van der Waals surface area contributed by atoms with Crippen molar-refractivity contribution in [1.29, 1.82) is 0 Å². The first-order chi connectivity index (χ1) is 8.13. The maximum Gasteiger partial charge on any atom is 0.197 e. The molecule has 17 heavy (non-hydrogen) atoms. The zero-order valence-electron chi connectivity index (χ0n) is 9.66. The molecule has 0 spiro atoms. The Labute approximate surface area is 99.7 Å². The summed E-state index contributed by atoms with van der Waals surface area (Å²) in [6.45, 7) is 0. The van der Waals surface area contributed by atoms with E-state index in [0.717, 1.165) is 31.9 Å². The van der Waals surface area contributed by atoms with Gasteiger partial charge in [-0.3, -0.25) is 9.78 Å². The molecule has 4 heteroatoms. The zero-order valence-corrected chi connectivity index (χ0v) is 9.66. The molecule has 0 bridgehead atoms. The third kappa shape index (κ3) is 2.52. The van der Waals surface area contributed by atoms with Crippen LogP contribution in [0.2, 0.25) is 0 Å². The summed E-state index contributed by atoms with van der Waals surface area (Å²) < 4.78 is 13.5. The van der Waals surface area contributed by atoms with E-state index in [1.54, 1.807) is 0 Å². The molecule has 1 fully saturated rings. The molecule has 0 aliphatic heterocycles. The fourth-order valence-corrected chi connectivity index (χ4v) is 2.35. The summed E-state index contributed by atoms with van der Waals surface area (Å²) in [6, 6.07) is 1.33. The Bertz CT molecular complexity index is 412. The van der Waals surface area contributed by atoms with Crippen molar-refractivity contribution in [3.63, 3.8) is 0 Å². The fraction of sp³-hybridized carbons (Fsp3) is 0.538. The van der Waals surface area contributed by atoms with Gasteiger partial charge in [0.15, 0.2) is 11.6 Å². The average Bonchev–Trinajstić information content (AvgIpc) is 2.55. The second-order valence-electron chi connectivity index (χ2n) is 4.63. The number of aromatic nitrogens is 1. The largest absolute Gasteiger partial charge is 0.382 e. The fourth-order valence-electron chi connectivity index (χ4n) is 2.35. The number of Topliss-reactive ketones (excluding diaryl/α,β-unsaturated/α-hetero) is 1. The molecule has 1 aliphatic carbocycles. The van der Waals surface area contributed by atoms with Gasteiger partial charge in [-0.15, -0.1) is 0 Å². The van der Waals surface area contributed by atoms with Crippen molar-refractivity contribution in [3.05, 3.63) is 29.8 Å². The average molecular weight is 237 g/mol. The highest BCUT2D eigenvalue weighted by molar-refractivity contribution is 6.02. The first kappa shape index (κ1) is 12.2. The van der Waals surface area contributed by atoms with Gasteiger partial charge in [0.05, 0.1) is 11.8 Å². The molecule has 0 radical (unpaired) electrons. The lowest BCUT2D eigenvalue weighted by molar-refractivity contribution is 0.0234. The Kier molecular flexibility index (Phi) is 3.52. The van der Waals surface area contributed by atoms with Crippen LogP contribution in [0.15, 0.2) is 18.5 Å². The van der Waals surface area contributed by atoms with Crippen LogP contribution in [-0.2, 0) is 0 Å². The number of halogens is 1. The summed E-state index contributed by atoms with van der Waals surface area (Å²) >= 11 is 0. The van der Waals surface area contributed by atoms with Gasteiger partial charge in [-0.1, -0.05) is 25.7 Å². The van der Waals surface area contributed by atoms with Crippen molar-refractivity contribution in [2.24, 2.45) is 0 Å². The summed E-state index contributed by atoms with van der Waals surface area (Å²) in [5, 5.41) is 10.4. The number of nitrogens with zero attached hydrogens (tertiary/aromatic N) is 1. The van der Waals surface area contributed by atoms with E-state index >= 15 is 0 Å². The van der Waals surface area contributed by atoms with Gasteiger partial charge in [0.25, 0.3) is 0 Å². The molecule has 92 valence electrons. The van der Waals surface area contributed by atoms with Crippen molar-refractivity contribution < 1.29 is 14.3 Å². The van der Waals surface area contributed by atoms with E-state index in [9.17, 15) is 14.3 Å². The minimum Gasteiger partial charge on any atom is -0.382 e. The van der Waals surface area contributed by atoms with Crippen molar-refractivity contribution in [2.75, 3.05) is 0 Å². The summed E-state index contributed by atoms with van der Waals surface area (Å²) in [7, 11) is 0. The van der Waals surface area contributed by atoms with Crippen LogP contribution in [0, 0.1) is 5.82 Å². The number of carbonyl (C=O) groups is 1. The topological polar surface area (TPSA) is 50.2 Å². The summed E-state index contributed by atoms with van der Waals surface area (Å²) in [5.74, 6) is -1.16. The van der Waals surface area contributed by atoms with Crippen LogP contribution in [0.1, 0.15) is 48.9 Å². The maximum absolute atomic E-state index is 13.5. The SMILES string of the molecule is O=C(c1ccncc1F)C1(O)CCCCCC1. The Hall–Kier alpha value is -1.29. The summed E-state index contributed by atoms with van der Waals surface area (Å²) in [6.07, 6.45) is 6.90. The highest BCUT2D eigenvalue weighted by atomic mass is 19.1. The zero-order chi connectivity index (χ0) is 12.3. The maximum atomic E-state index is 13.5. The van der Waals surface area contributed by atoms with Crippen LogP contribution in [0.5, 0.6) is 0 Å². The monoisotopic (exact) mass is 237 g/mol. The highest BCUT2D eigenvalue weighted by Crippen LogP contribution is 2.30. The predicted octanol–water partition coefficient (Wildman–Crippen LogP) is 2.49. The number of hydrogen-bond acceptors (Lipinski definition) is 3. The van der Waals surface area contributed by atoms with Gasteiger partial charge in [-0.25, -0.2) is 4.39 Å². The second kappa shape index (κ2) is 4.92. The number of ketones is 1. The quantitative estimate of drug-likeness (QED) is 0.635. The molecule has 1 N–H and O–H groups in total. The normalized spacial score (nSPS) is 19.6. The van der Waals surface area contributed by atoms with E-state index in [4.69, 9.17) is 0 Å². The van der Waals surface area contributed by atoms with Gasteiger partial charge in [0.1, 0.15) is 5.60 Å². The molecule has 1 aliphatic rings. The Balaban J connectivity index is 2.27. The molecule has 1 aromatic heterocycles. The van der Waals surface area contributed by atoms with Crippen LogP contribution in [-0.4, -0.2) is 21.5 Å². The third-order valence-corrected chi connectivity index (χ3v) is 3.37. The van der Waals surface area contributed by atoms with Crippen LogP contribution < -0.4 is 0 Å². The smallest absolute Gasteiger partial charge is 0.197 e. The molecule has 0 unspecified atom stereocenters. The van der Waals surface area contributed by atoms with Crippen LogP contribution >= 0.6 is 0 Å². The first-order valence-electron chi connectivity index (χ1n) is 6.00. The molecule has 0 saturated heterocycles. The summed E-state index contributed by atoms with van der Waals surface area (Å²) in [4.78, 5) is 15.8. The Morgan fingerprint density at radius 3 is 2.53 bits per heavy atom. The van der Waals surface area contributed by atoms with E-state index in [-0.39, 0.29) is 5.56 Å². The van der Waals surface area contributed by atoms with E-state index in [0.29, 0.717) is 12.8 Å². The van der Waals surface area contributed by atoms with E-state index in [1.807, 2.05) is 0 Å². The minimum absolute atomic E-state index is 0.0515. The molecule has 3 nitrogen and oxygen atoms in total. The van der Waals surface area contributed by atoms with Gasteiger partial charge >= 0.3 is 0 Å². The minimum atomic E-state index is -1.39. The highest BCUT2D eigenvalue weighted by Gasteiger charge is 2.37. The number of carbonyl (C=O) groups excluding carboxylic acids is 1. The lowest BCUT2D eigenvalue weighted by Crippen LogP contribution is -2.38. The molecule has 1 heterocycles. The standard InChI is InChI=1S/C13H16FNO2/c14-11-9-15-8-5-10(11)12(16)13(17)6-3-1-2-4-7-13/h5,8-9,17H,1-4,6-7H2. The summed E-state index contributed by atoms with van der Waals surface area (Å²) in [5.41, 5.74) is -1.44. The van der Waals surface area contributed by atoms with Gasteiger partial charge in [0.2, 0.25) is 0 Å². The van der Waals surface area contributed by atoms with Crippen molar-refractivity contribution in [2.45, 2.75) is 44.1 Å². The second-order valence-corrected chi connectivity index (χ2v) is 4.63. The van der Waals surface area contributed by atoms with Gasteiger partial charge in [-0.2, -0.15) is 0 Å². The lowest BCUT2D eigenvalue weighted by atomic mass is 9.86. The van der Waals surface area contributed by atoms with Gasteiger partial charge < -0.3 is 5.11 Å². The molecule has 2 rings (SSSR count). The molecule has 0 aromatic carbocycles. The van der Waals surface area contributed by atoms with Crippen molar-refractivity contribution >= 4 is 5.78 Å². The van der Waals surface area contributed by atoms with Gasteiger partial charge in [0, 0.05) is 6.20 Å². The first-order valence-corrected chi connectivity index (χ1v) is 6.00. The van der Waals surface area contributed by atoms with Crippen molar-refractivity contribution in [1.82, 2.24) is 4.98 Å². The predicted molar refractivity (Wildman–Crippen MR) is 61.2 cm³/mol. The van der Waals surface area contributed by atoms with Crippen molar-refractivity contribution in [3.8, 4) is 0 Å². The number of rotatable bonds is 2. The van der Waals surface area contributed by atoms with E-state index in [1.165, 1.54) is 12.3 Å².